The lowest BCUT2D eigenvalue weighted by Gasteiger charge is -2.22. The van der Waals surface area contributed by atoms with Gasteiger partial charge in [-0.05, 0) is 17.7 Å². The number of halogens is 1. The smallest absolute Gasteiger partial charge is 0.254 e. The molecule has 3 nitrogen and oxygen atoms in total. The highest BCUT2D eigenvalue weighted by atomic mass is 79.9. The molecule has 1 aromatic heterocycles. The van der Waals surface area contributed by atoms with Gasteiger partial charge in [0.15, 0.2) is 0 Å². The highest BCUT2D eigenvalue weighted by molar-refractivity contribution is 9.09. The highest BCUT2D eigenvalue weighted by Gasteiger charge is 2.15. The molecule has 1 heterocycles. The molecule has 2 aromatic rings. The Morgan fingerprint density at radius 3 is 2.42 bits per heavy atom. The summed E-state index contributed by atoms with van der Waals surface area (Å²) in [5.41, 5.74) is 1.80. The van der Waals surface area contributed by atoms with E-state index in [1.807, 2.05) is 35.2 Å². The summed E-state index contributed by atoms with van der Waals surface area (Å²) in [4.78, 5) is 18.2. The van der Waals surface area contributed by atoms with E-state index in [0.717, 1.165) is 10.9 Å². The topological polar surface area (TPSA) is 33.2 Å². The van der Waals surface area contributed by atoms with Crippen molar-refractivity contribution in [2.45, 2.75) is 6.54 Å². The first kappa shape index (κ1) is 13.7. The molecule has 1 aromatic carbocycles. The molecule has 0 N–H and O–H groups in total. The van der Waals surface area contributed by atoms with E-state index in [4.69, 9.17) is 0 Å². The van der Waals surface area contributed by atoms with Gasteiger partial charge in [-0.15, -0.1) is 0 Å². The first-order chi connectivity index (χ1) is 9.31. The Balaban J connectivity index is 2.14. The van der Waals surface area contributed by atoms with Crippen LogP contribution in [0.2, 0.25) is 0 Å². The summed E-state index contributed by atoms with van der Waals surface area (Å²) < 4.78 is 0. The molecule has 4 heteroatoms. The second-order valence-electron chi connectivity index (χ2n) is 4.14. The molecular formula is C15H15BrN2O. The van der Waals surface area contributed by atoms with Gasteiger partial charge in [-0.3, -0.25) is 9.78 Å². The third-order valence-corrected chi connectivity index (χ3v) is 3.14. The molecule has 0 bridgehead atoms. The van der Waals surface area contributed by atoms with Crippen molar-refractivity contribution in [3.63, 3.8) is 0 Å². The maximum absolute atomic E-state index is 12.4. The van der Waals surface area contributed by atoms with Crippen LogP contribution in [0.5, 0.6) is 0 Å². The van der Waals surface area contributed by atoms with Gasteiger partial charge >= 0.3 is 0 Å². The van der Waals surface area contributed by atoms with Crippen LogP contribution in [0.1, 0.15) is 15.9 Å². The van der Waals surface area contributed by atoms with Gasteiger partial charge in [-0.1, -0.05) is 46.3 Å². The third kappa shape index (κ3) is 3.89. The molecule has 0 saturated carbocycles. The van der Waals surface area contributed by atoms with Crippen molar-refractivity contribution >= 4 is 21.8 Å². The second-order valence-corrected chi connectivity index (χ2v) is 4.93. The summed E-state index contributed by atoms with van der Waals surface area (Å²) in [7, 11) is 0. The van der Waals surface area contributed by atoms with E-state index < -0.39 is 0 Å². The van der Waals surface area contributed by atoms with E-state index >= 15 is 0 Å². The molecule has 0 aliphatic rings. The number of hydrogen-bond donors (Lipinski definition) is 0. The van der Waals surface area contributed by atoms with E-state index in [1.165, 1.54) is 0 Å². The molecule has 1 amide bonds. The molecule has 0 radical (unpaired) electrons. The Hall–Kier alpha value is -1.68. The highest BCUT2D eigenvalue weighted by Crippen LogP contribution is 2.10. The van der Waals surface area contributed by atoms with E-state index in [9.17, 15) is 4.79 Å². The summed E-state index contributed by atoms with van der Waals surface area (Å²) >= 11 is 3.40. The van der Waals surface area contributed by atoms with Crippen LogP contribution in [0.25, 0.3) is 0 Å². The van der Waals surface area contributed by atoms with Crippen LogP contribution in [0.15, 0.2) is 54.9 Å². The van der Waals surface area contributed by atoms with E-state index in [1.54, 1.807) is 24.5 Å². The molecule has 0 spiro atoms. The largest absolute Gasteiger partial charge is 0.333 e. The van der Waals surface area contributed by atoms with Crippen molar-refractivity contribution in [1.82, 2.24) is 9.88 Å². The number of carbonyl (C=O) groups is 1. The van der Waals surface area contributed by atoms with Gasteiger partial charge in [0.2, 0.25) is 0 Å². The fourth-order valence-corrected chi connectivity index (χ4v) is 2.26. The van der Waals surface area contributed by atoms with Crippen LogP contribution in [-0.2, 0) is 6.54 Å². The lowest BCUT2D eigenvalue weighted by molar-refractivity contribution is 0.0754. The molecule has 0 saturated heterocycles. The fourth-order valence-electron chi connectivity index (χ4n) is 1.84. The number of pyridine rings is 1. The Kier molecular flexibility index (Phi) is 5.10. The van der Waals surface area contributed by atoms with Crippen LogP contribution >= 0.6 is 15.9 Å². The van der Waals surface area contributed by atoms with Gasteiger partial charge in [0.25, 0.3) is 5.91 Å². The van der Waals surface area contributed by atoms with Gasteiger partial charge < -0.3 is 4.90 Å². The number of carbonyl (C=O) groups excluding carboxylic acids is 1. The SMILES string of the molecule is O=C(c1ccncc1)N(CCBr)Cc1ccccc1. The summed E-state index contributed by atoms with van der Waals surface area (Å²) in [5.74, 6) is 0.0331. The van der Waals surface area contributed by atoms with E-state index in [0.29, 0.717) is 18.7 Å². The predicted octanol–water partition coefficient (Wildman–Crippen LogP) is 3.12. The first-order valence-corrected chi connectivity index (χ1v) is 7.22. The van der Waals surface area contributed by atoms with Gasteiger partial charge in [0.05, 0.1) is 0 Å². The maximum atomic E-state index is 12.4. The zero-order chi connectivity index (χ0) is 13.5. The average Bonchev–Trinajstić information content (AvgIpc) is 2.48. The fraction of sp³-hybridized carbons (Fsp3) is 0.200. The van der Waals surface area contributed by atoms with Crippen molar-refractivity contribution in [2.24, 2.45) is 0 Å². The van der Waals surface area contributed by atoms with Crippen molar-refractivity contribution in [3.05, 3.63) is 66.0 Å². The normalized spacial score (nSPS) is 10.2. The number of hydrogen-bond acceptors (Lipinski definition) is 2. The molecule has 19 heavy (non-hydrogen) atoms. The Morgan fingerprint density at radius 1 is 1.11 bits per heavy atom. The Bertz CT molecular complexity index is 516. The molecule has 0 aliphatic heterocycles. The minimum atomic E-state index is 0.0331. The summed E-state index contributed by atoms with van der Waals surface area (Å²) in [5, 5.41) is 0.761. The summed E-state index contributed by atoms with van der Waals surface area (Å²) in [6, 6.07) is 13.5. The van der Waals surface area contributed by atoms with Crippen molar-refractivity contribution in [2.75, 3.05) is 11.9 Å². The molecule has 0 aliphatic carbocycles. The molecule has 0 atom stereocenters. The van der Waals surface area contributed by atoms with Crippen LogP contribution in [0.3, 0.4) is 0 Å². The second kappa shape index (κ2) is 7.04. The predicted molar refractivity (Wildman–Crippen MR) is 79.2 cm³/mol. The zero-order valence-corrected chi connectivity index (χ0v) is 12.1. The number of nitrogens with zero attached hydrogens (tertiary/aromatic N) is 2. The van der Waals surface area contributed by atoms with Crippen LogP contribution in [0.4, 0.5) is 0 Å². The molecular weight excluding hydrogens is 304 g/mol. The molecule has 98 valence electrons. The lowest BCUT2D eigenvalue weighted by Crippen LogP contribution is -2.32. The monoisotopic (exact) mass is 318 g/mol. The number of rotatable bonds is 5. The quantitative estimate of drug-likeness (QED) is 0.794. The van der Waals surface area contributed by atoms with E-state index in [2.05, 4.69) is 20.9 Å². The van der Waals surface area contributed by atoms with Crippen LogP contribution in [-0.4, -0.2) is 27.7 Å². The van der Waals surface area contributed by atoms with Crippen molar-refractivity contribution in [1.29, 1.82) is 0 Å². The van der Waals surface area contributed by atoms with Crippen LogP contribution < -0.4 is 0 Å². The van der Waals surface area contributed by atoms with E-state index in [-0.39, 0.29) is 5.91 Å². The molecule has 0 fully saturated rings. The van der Waals surface area contributed by atoms with Crippen molar-refractivity contribution in [3.8, 4) is 0 Å². The Morgan fingerprint density at radius 2 is 1.79 bits per heavy atom. The minimum Gasteiger partial charge on any atom is -0.333 e. The van der Waals surface area contributed by atoms with Crippen molar-refractivity contribution < 1.29 is 4.79 Å². The van der Waals surface area contributed by atoms with Crippen LogP contribution in [0, 0.1) is 0 Å². The zero-order valence-electron chi connectivity index (χ0n) is 10.5. The number of amides is 1. The number of alkyl halides is 1. The summed E-state index contributed by atoms with van der Waals surface area (Å²) in [6.45, 7) is 1.30. The number of benzene rings is 1. The number of aromatic nitrogens is 1. The standard InChI is InChI=1S/C15H15BrN2O/c16-8-11-18(12-13-4-2-1-3-5-13)15(19)14-6-9-17-10-7-14/h1-7,9-10H,8,11-12H2. The maximum Gasteiger partial charge on any atom is 0.254 e. The first-order valence-electron chi connectivity index (χ1n) is 6.10. The van der Waals surface area contributed by atoms with Gasteiger partial charge in [-0.2, -0.15) is 0 Å². The summed E-state index contributed by atoms with van der Waals surface area (Å²) in [6.07, 6.45) is 3.28. The third-order valence-electron chi connectivity index (χ3n) is 2.79. The Labute approximate surface area is 121 Å². The van der Waals surface area contributed by atoms with Gasteiger partial charge in [0, 0.05) is 36.4 Å². The average molecular weight is 319 g/mol. The van der Waals surface area contributed by atoms with Gasteiger partial charge in [0.1, 0.15) is 0 Å². The minimum absolute atomic E-state index is 0.0331. The lowest BCUT2D eigenvalue weighted by atomic mass is 10.2. The molecule has 2 rings (SSSR count). The van der Waals surface area contributed by atoms with Gasteiger partial charge in [-0.25, -0.2) is 0 Å². The molecule has 0 unspecified atom stereocenters.